The third-order valence-electron chi connectivity index (χ3n) is 3.48. The summed E-state index contributed by atoms with van der Waals surface area (Å²) in [5.41, 5.74) is 5.53. The second-order valence-electron chi connectivity index (χ2n) is 4.82. The van der Waals surface area contributed by atoms with E-state index in [9.17, 15) is 9.59 Å². The zero-order valence-electron chi connectivity index (χ0n) is 12.2. The van der Waals surface area contributed by atoms with Crippen LogP contribution in [0.2, 0.25) is 0 Å². The van der Waals surface area contributed by atoms with Crippen molar-refractivity contribution < 1.29 is 0 Å². The Morgan fingerprint density at radius 2 is 1.86 bits per heavy atom. The lowest BCUT2D eigenvalue weighted by molar-refractivity contribution is 0.697. The number of nitrogens with one attached hydrogen (secondary N) is 1. The number of aromatic nitrogens is 6. The molecule has 0 aliphatic carbocycles. The molecule has 0 amide bonds. The first kappa shape index (κ1) is 13.8. The van der Waals surface area contributed by atoms with E-state index in [4.69, 9.17) is 5.73 Å². The van der Waals surface area contributed by atoms with E-state index in [0.717, 1.165) is 4.57 Å². The van der Waals surface area contributed by atoms with Gasteiger partial charge in [0.2, 0.25) is 0 Å². The number of nitrogen functional groups attached to an aromatic ring is 1. The van der Waals surface area contributed by atoms with E-state index in [1.807, 2.05) is 0 Å². The molecule has 0 atom stereocenters. The minimum Gasteiger partial charge on any atom is -0.383 e. The van der Waals surface area contributed by atoms with Gasteiger partial charge in [-0.2, -0.15) is 5.10 Å². The second kappa shape index (κ2) is 4.69. The average Bonchev–Trinajstić information content (AvgIpc) is 2.90. The lowest BCUT2D eigenvalue weighted by atomic mass is 10.3. The van der Waals surface area contributed by atoms with Crippen molar-refractivity contribution in [1.82, 2.24) is 28.9 Å². The molecule has 0 saturated carbocycles. The van der Waals surface area contributed by atoms with Gasteiger partial charge in [0.25, 0.3) is 5.56 Å². The monoisotopic (exact) mass is 302 g/mol. The number of aryl methyl sites for hydroxylation is 1. The van der Waals surface area contributed by atoms with Gasteiger partial charge in [0.15, 0.2) is 5.65 Å². The normalized spacial score (nSPS) is 11.0. The maximum atomic E-state index is 12.3. The Morgan fingerprint density at radius 3 is 2.59 bits per heavy atom. The van der Waals surface area contributed by atoms with Gasteiger partial charge in [-0.1, -0.05) is 0 Å². The van der Waals surface area contributed by atoms with Crippen molar-refractivity contribution in [1.29, 1.82) is 0 Å². The maximum absolute atomic E-state index is 12.3. The minimum atomic E-state index is -0.531. The Hall–Kier alpha value is -3.17. The van der Waals surface area contributed by atoms with Gasteiger partial charge in [0, 0.05) is 21.1 Å². The number of hydrogen-bond acceptors (Lipinski definition) is 7. The van der Waals surface area contributed by atoms with Crippen LogP contribution in [0.3, 0.4) is 0 Å². The smallest absolute Gasteiger partial charge is 0.332 e. The van der Waals surface area contributed by atoms with Crippen LogP contribution in [-0.2, 0) is 21.1 Å². The highest BCUT2D eigenvalue weighted by atomic mass is 16.2. The Kier molecular flexibility index (Phi) is 2.94. The first-order valence-electron chi connectivity index (χ1n) is 6.37. The van der Waals surface area contributed by atoms with Crippen molar-refractivity contribution in [3.05, 3.63) is 33.4 Å². The van der Waals surface area contributed by atoms with Crippen LogP contribution in [-0.4, -0.2) is 28.9 Å². The Balaban J connectivity index is 2.22. The predicted octanol–water partition coefficient (Wildman–Crippen LogP) is -0.913. The summed E-state index contributed by atoms with van der Waals surface area (Å²) in [4.78, 5) is 32.3. The summed E-state index contributed by atoms with van der Waals surface area (Å²) in [6.07, 6.45) is 2.94. The Morgan fingerprint density at radius 1 is 1.14 bits per heavy atom. The van der Waals surface area contributed by atoms with Gasteiger partial charge >= 0.3 is 5.69 Å². The van der Waals surface area contributed by atoms with Crippen LogP contribution >= 0.6 is 0 Å². The lowest BCUT2D eigenvalue weighted by Gasteiger charge is -2.12. The largest absolute Gasteiger partial charge is 0.383 e. The van der Waals surface area contributed by atoms with E-state index < -0.39 is 11.2 Å². The average molecular weight is 302 g/mol. The highest BCUT2D eigenvalue weighted by molar-refractivity contribution is 5.89. The summed E-state index contributed by atoms with van der Waals surface area (Å²) in [5, 5.41) is 7.62. The molecule has 0 saturated heterocycles. The van der Waals surface area contributed by atoms with E-state index >= 15 is 0 Å². The molecule has 0 fully saturated rings. The highest BCUT2D eigenvalue weighted by Crippen LogP contribution is 2.22. The molecule has 0 bridgehead atoms. The topological polar surface area (TPSA) is 126 Å². The maximum Gasteiger partial charge on any atom is 0.332 e. The zero-order chi connectivity index (χ0) is 16.0. The molecule has 10 nitrogen and oxygen atoms in total. The van der Waals surface area contributed by atoms with Crippen molar-refractivity contribution in [2.24, 2.45) is 21.1 Å². The number of hydrogen-bond donors (Lipinski definition) is 2. The van der Waals surface area contributed by atoms with Crippen molar-refractivity contribution in [2.75, 3.05) is 11.1 Å². The van der Waals surface area contributed by atoms with Gasteiger partial charge in [-0.15, -0.1) is 0 Å². The molecule has 0 aliphatic heterocycles. The number of nitrogens with two attached hydrogens (primary N) is 1. The summed E-state index contributed by atoms with van der Waals surface area (Å²) in [7, 11) is 4.62. The first-order valence-corrected chi connectivity index (χ1v) is 6.37. The van der Waals surface area contributed by atoms with Crippen molar-refractivity contribution in [2.45, 2.75) is 0 Å². The van der Waals surface area contributed by atoms with Crippen LogP contribution in [0.15, 0.2) is 22.1 Å². The summed E-state index contributed by atoms with van der Waals surface area (Å²) in [6.45, 7) is 0. The number of nitrogens with zero attached hydrogens (tertiary/aromatic N) is 6. The molecule has 0 radical (unpaired) electrons. The third-order valence-corrected chi connectivity index (χ3v) is 3.48. The van der Waals surface area contributed by atoms with E-state index in [1.165, 1.54) is 25.0 Å². The van der Waals surface area contributed by atoms with Gasteiger partial charge in [-0.25, -0.2) is 14.8 Å². The molecular weight excluding hydrogens is 288 g/mol. The molecule has 10 heteroatoms. The first-order chi connectivity index (χ1) is 10.4. The fraction of sp³-hybridized carbons (Fsp3) is 0.250. The molecule has 114 valence electrons. The standard InChI is InChI=1S/C12H14N8O2/c1-18-8(13)7(11(21)19(2)12(18)22)17-9-6-4-16-20(3)10(6)15-5-14-9/h4-5H,13H2,1-3H3,(H,14,15,17). The molecule has 3 rings (SSSR count). The summed E-state index contributed by atoms with van der Waals surface area (Å²) >= 11 is 0. The predicted molar refractivity (Wildman–Crippen MR) is 80.9 cm³/mol. The Bertz CT molecular complexity index is 997. The van der Waals surface area contributed by atoms with Gasteiger partial charge < -0.3 is 11.1 Å². The fourth-order valence-corrected chi connectivity index (χ4v) is 2.16. The van der Waals surface area contributed by atoms with Crippen LogP contribution in [0.1, 0.15) is 0 Å². The molecule has 3 heterocycles. The van der Waals surface area contributed by atoms with Crippen LogP contribution in [0.4, 0.5) is 17.3 Å². The van der Waals surface area contributed by atoms with Gasteiger partial charge in [-0.3, -0.25) is 18.6 Å². The van der Waals surface area contributed by atoms with Gasteiger partial charge in [-0.05, 0) is 0 Å². The zero-order valence-corrected chi connectivity index (χ0v) is 12.2. The van der Waals surface area contributed by atoms with E-state index in [-0.39, 0.29) is 11.5 Å². The SMILES string of the molecule is Cn1c(N)c(Nc2ncnc3c2cnn3C)c(=O)n(C)c1=O. The molecule has 3 aromatic rings. The van der Waals surface area contributed by atoms with Crippen molar-refractivity contribution >= 4 is 28.4 Å². The molecule has 0 aromatic carbocycles. The highest BCUT2D eigenvalue weighted by Gasteiger charge is 2.16. The van der Waals surface area contributed by atoms with Crippen LogP contribution in [0, 0.1) is 0 Å². The fourth-order valence-electron chi connectivity index (χ4n) is 2.16. The molecular formula is C12H14N8O2. The van der Waals surface area contributed by atoms with E-state index in [1.54, 1.807) is 17.9 Å². The summed E-state index contributed by atoms with van der Waals surface area (Å²) in [6, 6.07) is 0. The van der Waals surface area contributed by atoms with Crippen molar-refractivity contribution in [3.8, 4) is 0 Å². The number of rotatable bonds is 2. The van der Waals surface area contributed by atoms with Crippen LogP contribution in [0.5, 0.6) is 0 Å². The molecule has 0 unspecified atom stereocenters. The number of anilines is 3. The molecule has 3 aromatic heterocycles. The molecule has 0 spiro atoms. The van der Waals surface area contributed by atoms with Crippen LogP contribution < -0.4 is 22.3 Å². The van der Waals surface area contributed by atoms with Gasteiger partial charge in [0.05, 0.1) is 11.6 Å². The second-order valence-corrected chi connectivity index (χ2v) is 4.82. The summed E-state index contributed by atoms with van der Waals surface area (Å²) in [5.74, 6) is 0.421. The van der Waals surface area contributed by atoms with E-state index in [2.05, 4.69) is 20.4 Å². The molecule has 3 N–H and O–H groups in total. The molecule has 22 heavy (non-hydrogen) atoms. The molecule has 0 aliphatic rings. The van der Waals surface area contributed by atoms with E-state index in [0.29, 0.717) is 16.9 Å². The minimum absolute atomic E-state index is 0.0313. The lowest BCUT2D eigenvalue weighted by Crippen LogP contribution is -2.39. The summed E-state index contributed by atoms with van der Waals surface area (Å²) < 4.78 is 3.75. The third kappa shape index (κ3) is 1.84. The number of fused-ring (bicyclic) bond motifs is 1. The quantitative estimate of drug-likeness (QED) is 0.627. The Labute approximate surface area is 123 Å². The van der Waals surface area contributed by atoms with Crippen molar-refractivity contribution in [3.63, 3.8) is 0 Å². The van der Waals surface area contributed by atoms with Crippen LogP contribution in [0.25, 0.3) is 11.0 Å². The van der Waals surface area contributed by atoms with Gasteiger partial charge in [0.1, 0.15) is 23.7 Å².